The van der Waals surface area contributed by atoms with E-state index in [1.54, 1.807) is 0 Å². The average Bonchev–Trinajstić information content (AvgIpc) is 2.26. The third-order valence-electron chi connectivity index (χ3n) is 2.65. The summed E-state index contributed by atoms with van der Waals surface area (Å²) in [4.78, 5) is 13.5. The minimum atomic E-state index is 0.260. The monoisotopic (exact) mass is 181 g/mol. The molecule has 1 amide bonds. The van der Waals surface area contributed by atoms with E-state index in [0.29, 0.717) is 18.4 Å². The summed E-state index contributed by atoms with van der Waals surface area (Å²) >= 11 is 0. The van der Waals surface area contributed by atoms with Crippen LogP contribution in [0.15, 0.2) is 11.3 Å². The van der Waals surface area contributed by atoms with E-state index in [1.807, 2.05) is 4.90 Å². The van der Waals surface area contributed by atoms with Crippen LogP contribution in [-0.4, -0.2) is 16.8 Å². The Morgan fingerprint density at radius 1 is 1.23 bits per heavy atom. The minimum Gasteiger partial charge on any atom is -0.314 e. The summed E-state index contributed by atoms with van der Waals surface area (Å²) in [5.74, 6) is 0.754. The molecular formula is C11H19NO. The molecule has 0 aromatic heterocycles. The number of rotatable bonds is 2. The van der Waals surface area contributed by atoms with Crippen LogP contribution in [0.1, 0.15) is 41.0 Å². The van der Waals surface area contributed by atoms with Gasteiger partial charge in [0.25, 0.3) is 0 Å². The van der Waals surface area contributed by atoms with Gasteiger partial charge in [-0.25, -0.2) is 0 Å². The molecule has 1 aliphatic rings. The van der Waals surface area contributed by atoms with Crippen molar-refractivity contribution in [1.29, 1.82) is 0 Å². The van der Waals surface area contributed by atoms with Gasteiger partial charge in [0, 0.05) is 11.7 Å². The predicted octanol–water partition coefficient (Wildman–Crippen LogP) is 2.56. The Labute approximate surface area is 80.6 Å². The number of hydrogen-bond donors (Lipinski definition) is 0. The summed E-state index contributed by atoms with van der Waals surface area (Å²) in [5.41, 5.74) is 2.48. The van der Waals surface area contributed by atoms with E-state index < -0.39 is 0 Å². The molecule has 74 valence electrons. The summed E-state index contributed by atoms with van der Waals surface area (Å²) in [5, 5.41) is 0. The third-order valence-corrected chi connectivity index (χ3v) is 2.65. The number of allylic oxidation sites excluding steroid dienone is 1. The van der Waals surface area contributed by atoms with E-state index in [0.717, 1.165) is 0 Å². The largest absolute Gasteiger partial charge is 0.314 e. The zero-order valence-electron chi connectivity index (χ0n) is 9.22. The van der Waals surface area contributed by atoms with Crippen LogP contribution in [0.4, 0.5) is 0 Å². The SMILES string of the molecule is CC1=C(C(C)C)CC(=O)N1C(C)C. The van der Waals surface area contributed by atoms with Crippen molar-refractivity contribution in [2.45, 2.75) is 47.1 Å². The van der Waals surface area contributed by atoms with Crippen LogP contribution < -0.4 is 0 Å². The van der Waals surface area contributed by atoms with Crippen LogP contribution in [0, 0.1) is 5.92 Å². The maximum absolute atomic E-state index is 11.6. The van der Waals surface area contributed by atoms with Gasteiger partial charge in [0.2, 0.25) is 5.91 Å². The highest BCUT2D eigenvalue weighted by atomic mass is 16.2. The second kappa shape index (κ2) is 3.52. The molecule has 2 heteroatoms. The lowest BCUT2D eigenvalue weighted by molar-refractivity contribution is -0.128. The quantitative estimate of drug-likeness (QED) is 0.641. The van der Waals surface area contributed by atoms with Gasteiger partial charge >= 0.3 is 0 Å². The highest BCUT2D eigenvalue weighted by Crippen LogP contribution is 2.30. The van der Waals surface area contributed by atoms with Crippen LogP contribution in [0.5, 0.6) is 0 Å². The van der Waals surface area contributed by atoms with Crippen molar-refractivity contribution in [3.63, 3.8) is 0 Å². The lowest BCUT2D eigenvalue weighted by atomic mass is 10.0. The van der Waals surface area contributed by atoms with Crippen molar-refractivity contribution in [3.8, 4) is 0 Å². The molecular weight excluding hydrogens is 162 g/mol. The van der Waals surface area contributed by atoms with Gasteiger partial charge in [-0.1, -0.05) is 13.8 Å². The fraction of sp³-hybridized carbons (Fsp3) is 0.727. The fourth-order valence-electron chi connectivity index (χ4n) is 2.01. The molecule has 0 aromatic rings. The van der Waals surface area contributed by atoms with Crippen molar-refractivity contribution in [2.75, 3.05) is 0 Å². The summed E-state index contributed by atoms with van der Waals surface area (Å²) in [7, 11) is 0. The average molecular weight is 181 g/mol. The Bertz CT molecular complexity index is 251. The van der Waals surface area contributed by atoms with Crippen LogP contribution in [0.25, 0.3) is 0 Å². The van der Waals surface area contributed by atoms with Gasteiger partial charge in [-0.15, -0.1) is 0 Å². The normalized spacial score (nSPS) is 18.4. The van der Waals surface area contributed by atoms with Crippen molar-refractivity contribution < 1.29 is 4.79 Å². The van der Waals surface area contributed by atoms with Crippen LogP contribution >= 0.6 is 0 Å². The molecule has 1 aliphatic heterocycles. The number of amides is 1. The maximum Gasteiger partial charge on any atom is 0.231 e. The highest BCUT2D eigenvalue weighted by Gasteiger charge is 2.29. The summed E-state index contributed by atoms with van der Waals surface area (Å²) in [6.07, 6.45) is 0.627. The lowest BCUT2D eigenvalue weighted by Crippen LogP contribution is -2.31. The van der Waals surface area contributed by atoms with Crippen molar-refractivity contribution in [2.24, 2.45) is 5.92 Å². The van der Waals surface area contributed by atoms with Gasteiger partial charge in [-0.05, 0) is 32.3 Å². The van der Waals surface area contributed by atoms with Gasteiger partial charge in [0.15, 0.2) is 0 Å². The lowest BCUT2D eigenvalue weighted by Gasteiger charge is -2.22. The minimum absolute atomic E-state index is 0.260. The summed E-state index contributed by atoms with van der Waals surface area (Å²) in [6, 6.07) is 0.295. The molecule has 0 atom stereocenters. The van der Waals surface area contributed by atoms with E-state index in [1.165, 1.54) is 11.3 Å². The highest BCUT2D eigenvalue weighted by molar-refractivity contribution is 5.84. The Hall–Kier alpha value is -0.790. The summed E-state index contributed by atoms with van der Waals surface area (Å²) < 4.78 is 0. The van der Waals surface area contributed by atoms with Crippen molar-refractivity contribution in [3.05, 3.63) is 11.3 Å². The molecule has 0 saturated carbocycles. The molecule has 1 heterocycles. The predicted molar refractivity (Wildman–Crippen MR) is 54.1 cm³/mol. The summed E-state index contributed by atoms with van der Waals surface area (Å²) in [6.45, 7) is 10.5. The smallest absolute Gasteiger partial charge is 0.231 e. The first-order valence-corrected chi connectivity index (χ1v) is 4.96. The van der Waals surface area contributed by atoms with Gasteiger partial charge in [0.1, 0.15) is 0 Å². The first-order valence-electron chi connectivity index (χ1n) is 4.96. The second-order valence-electron chi connectivity index (χ2n) is 4.30. The Kier molecular flexibility index (Phi) is 2.79. The Morgan fingerprint density at radius 3 is 2.00 bits per heavy atom. The first-order chi connectivity index (χ1) is 5.95. The molecule has 2 nitrogen and oxygen atoms in total. The van der Waals surface area contributed by atoms with Gasteiger partial charge < -0.3 is 4.90 Å². The van der Waals surface area contributed by atoms with Crippen molar-refractivity contribution >= 4 is 5.91 Å². The number of carbonyl (C=O) groups excluding carboxylic acids is 1. The standard InChI is InChI=1S/C11H19NO/c1-7(2)10-6-11(13)12(8(3)4)9(10)5/h7-8H,6H2,1-5H3. The van der Waals surface area contributed by atoms with E-state index in [-0.39, 0.29) is 5.91 Å². The van der Waals surface area contributed by atoms with E-state index in [4.69, 9.17) is 0 Å². The third kappa shape index (κ3) is 1.77. The molecule has 0 bridgehead atoms. The number of nitrogens with zero attached hydrogens (tertiary/aromatic N) is 1. The molecule has 13 heavy (non-hydrogen) atoms. The van der Waals surface area contributed by atoms with Crippen molar-refractivity contribution in [1.82, 2.24) is 4.90 Å². The molecule has 0 aromatic carbocycles. The van der Waals surface area contributed by atoms with Gasteiger partial charge in [-0.3, -0.25) is 4.79 Å². The van der Waals surface area contributed by atoms with E-state index in [9.17, 15) is 4.79 Å². The molecule has 0 spiro atoms. The molecule has 0 unspecified atom stereocenters. The first kappa shape index (κ1) is 10.3. The van der Waals surface area contributed by atoms with E-state index >= 15 is 0 Å². The molecule has 0 aliphatic carbocycles. The molecule has 0 fully saturated rings. The van der Waals surface area contributed by atoms with Gasteiger partial charge in [-0.2, -0.15) is 0 Å². The topological polar surface area (TPSA) is 20.3 Å². The fourth-order valence-corrected chi connectivity index (χ4v) is 2.01. The molecule has 0 radical (unpaired) electrons. The maximum atomic E-state index is 11.6. The zero-order chi connectivity index (χ0) is 10.2. The molecule has 0 saturated heterocycles. The van der Waals surface area contributed by atoms with Crippen LogP contribution in [0.2, 0.25) is 0 Å². The van der Waals surface area contributed by atoms with Crippen LogP contribution in [-0.2, 0) is 4.79 Å². The number of hydrogen-bond acceptors (Lipinski definition) is 1. The molecule has 1 rings (SSSR count). The molecule has 0 N–H and O–H groups in total. The Morgan fingerprint density at radius 2 is 1.77 bits per heavy atom. The van der Waals surface area contributed by atoms with E-state index in [2.05, 4.69) is 34.6 Å². The zero-order valence-corrected chi connectivity index (χ0v) is 9.22. The second-order valence-corrected chi connectivity index (χ2v) is 4.30. The Balaban J connectivity index is 2.95. The number of carbonyl (C=O) groups is 1. The van der Waals surface area contributed by atoms with Crippen LogP contribution in [0.3, 0.4) is 0 Å². The van der Waals surface area contributed by atoms with Gasteiger partial charge in [0.05, 0.1) is 6.42 Å².